The van der Waals surface area contributed by atoms with Crippen molar-refractivity contribution in [3.8, 4) is 6.07 Å². The van der Waals surface area contributed by atoms with Crippen LogP contribution in [-0.2, 0) is 0 Å². The minimum absolute atomic E-state index is 0.326. The second-order valence-corrected chi connectivity index (χ2v) is 1.85. The third-order valence-corrected chi connectivity index (χ3v) is 0.958. The SMILES string of the molecule is CC/C=C/CC(N)C#N. The van der Waals surface area contributed by atoms with Crippen LogP contribution in [0.15, 0.2) is 12.2 Å². The molecule has 1 atom stereocenters. The Hall–Kier alpha value is -0.810. The van der Waals surface area contributed by atoms with Crippen molar-refractivity contribution in [1.29, 1.82) is 5.26 Å². The van der Waals surface area contributed by atoms with Crippen LogP contribution in [0.2, 0.25) is 0 Å². The quantitative estimate of drug-likeness (QED) is 0.574. The van der Waals surface area contributed by atoms with Crippen LogP contribution >= 0.6 is 0 Å². The van der Waals surface area contributed by atoms with Crippen molar-refractivity contribution in [2.45, 2.75) is 25.8 Å². The van der Waals surface area contributed by atoms with Gasteiger partial charge in [-0.2, -0.15) is 5.26 Å². The Kier molecular flexibility index (Phi) is 4.85. The fraction of sp³-hybridized carbons (Fsp3) is 0.571. The maximum Gasteiger partial charge on any atom is 0.0962 e. The lowest BCUT2D eigenvalue weighted by molar-refractivity contribution is 0.845. The predicted molar refractivity (Wildman–Crippen MR) is 37.6 cm³/mol. The Morgan fingerprint density at radius 2 is 2.33 bits per heavy atom. The lowest BCUT2D eigenvalue weighted by atomic mass is 10.2. The Balaban J connectivity index is 3.29. The summed E-state index contributed by atoms with van der Waals surface area (Å²) in [5.41, 5.74) is 5.30. The first-order valence-electron chi connectivity index (χ1n) is 3.11. The lowest BCUT2D eigenvalue weighted by Crippen LogP contribution is -2.15. The molecule has 0 aliphatic carbocycles. The minimum Gasteiger partial charge on any atom is -0.316 e. The van der Waals surface area contributed by atoms with Gasteiger partial charge in [0.1, 0.15) is 0 Å². The molecule has 2 nitrogen and oxygen atoms in total. The maximum atomic E-state index is 8.23. The molecule has 1 unspecified atom stereocenters. The van der Waals surface area contributed by atoms with E-state index in [-0.39, 0.29) is 6.04 Å². The summed E-state index contributed by atoms with van der Waals surface area (Å²) in [4.78, 5) is 0. The van der Waals surface area contributed by atoms with Crippen LogP contribution in [0.25, 0.3) is 0 Å². The van der Waals surface area contributed by atoms with Crippen LogP contribution in [0.1, 0.15) is 19.8 Å². The fourth-order valence-electron chi connectivity index (χ4n) is 0.462. The van der Waals surface area contributed by atoms with Gasteiger partial charge in [-0.3, -0.25) is 0 Å². The van der Waals surface area contributed by atoms with Crippen LogP contribution in [0.5, 0.6) is 0 Å². The molecule has 0 rings (SSSR count). The average molecular weight is 124 g/mol. The number of hydrogen-bond donors (Lipinski definition) is 1. The molecule has 0 saturated carbocycles. The molecule has 0 saturated heterocycles. The summed E-state index contributed by atoms with van der Waals surface area (Å²) in [5.74, 6) is 0. The number of allylic oxidation sites excluding steroid dienone is 1. The number of hydrogen-bond acceptors (Lipinski definition) is 2. The molecular formula is C7H12N2. The molecule has 0 radical (unpaired) electrons. The van der Waals surface area contributed by atoms with E-state index in [9.17, 15) is 0 Å². The maximum absolute atomic E-state index is 8.23. The first-order valence-corrected chi connectivity index (χ1v) is 3.11. The van der Waals surface area contributed by atoms with Crippen LogP contribution in [0, 0.1) is 11.3 Å². The molecule has 0 aliphatic rings. The van der Waals surface area contributed by atoms with Crippen LogP contribution in [0.3, 0.4) is 0 Å². The van der Waals surface area contributed by atoms with Crippen molar-refractivity contribution in [2.75, 3.05) is 0 Å². The molecule has 9 heavy (non-hydrogen) atoms. The second-order valence-electron chi connectivity index (χ2n) is 1.85. The molecule has 0 aromatic heterocycles. The topological polar surface area (TPSA) is 49.8 Å². The number of nitriles is 1. The summed E-state index contributed by atoms with van der Waals surface area (Å²) < 4.78 is 0. The summed E-state index contributed by atoms with van der Waals surface area (Å²) >= 11 is 0. The monoisotopic (exact) mass is 124 g/mol. The number of rotatable bonds is 3. The zero-order valence-corrected chi connectivity index (χ0v) is 5.67. The van der Waals surface area contributed by atoms with Gasteiger partial charge < -0.3 is 5.73 Å². The lowest BCUT2D eigenvalue weighted by Gasteiger charge is -1.92. The molecule has 0 heterocycles. The van der Waals surface area contributed by atoms with Crippen molar-refractivity contribution in [3.63, 3.8) is 0 Å². The Morgan fingerprint density at radius 3 is 2.78 bits per heavy atom. The second kappa shape index (κ2) is 5.33. The van der Waals surface area contributed by atoms with Crippen LogP contribution in [-0.4, -0.2) is 6.04 Å². The zero-order valence-electron chi connectivity index (χ0n) is 5.67. The highest BCUT2D eigenvalue weighted by Crippen LogP contribution is 1.89. The van der Waals surface area contributed by atoms with E-state index in [2.05, 4.69) is 0 Å². The zero-order chi connectivity index (χ0) is 7.11. The van der Waals surface area contributed by atoms with E-state index in [1.807, 2.05) is 25.1 Å². The van der Waals surface area contributed by atoms with Crippen molar-refractivity contribution in [2.24, 2.45) is 5.73 Å². The summed E-state index contributed by atoms with van der Waals surface area (Å²) in [6.45, 7) is 2.05. The van der Waals surface area contributed by atoms with Crippen molar-refractivity contribution < 1.29 is 0 Å². The van der Waals surface area contributed by atoms with Gasteiger partial charge >= 0.3 is 0 Å². The van der Waals surface area contributed by atoms with Gasteiger partial charge in [0.2, 0.25) is 0 Å². The molecule has 0 fully saturated rings. The minimum atomic E-state index is -0.326. The Morgan fingerprint density at radius 1 is 1.67 bits per heavy atom. The molecule has 2 heteroatoms. The van der Waals surface area contributed by atoms with Gasteiger partial charge in [0.25, 0.3) is 0 Å². The summed E-state index contributed by atoms with van der Waals surface area (Å²) in [6.07, 6.45) is 5.63. The van der Waals surface area contributed by atoms with Gasteiger partial charge in [-0.25, -0.2) is 0 Å². The van der Waals surface area contributed by atoms with Crippen molar-refractivity contribution in [1.82, 2.24) is 0 Å². The van der Waals surface area contributed by atoms with E-state index in [0.29, 0.717) is 6.42 Å². The molecule has 0 aliphatic heterocycles. The standard InChI is InChI=1S/C7H12N2/c1-2-3-4-5-7(9)6-8/h3-4,7H,2,5,9H2,1H3/b4-3+. The van der Waals surface area contributed by atoms with E-state index >= 15 is 0 Å². The van der Waals surface area contributed by atoms with Gasteiger partial charge in [-0.15, -0.1) is 0 Å². The number of nitrogens with two attached hydrogens (primary N) is 1. The fourth-order valence-corrected chi connectivity index (χ4v) is 0.462. The highest BCUT2D eigenvalue weighted by atomic mass is 14.6. The van der Waals surface area contributed by atoms with E-state index < -0.39 is 0 Å². The highest BCUT2D eigenvalue weighted by molar-refractivity contribution is 4.94. The summed E-state index contributed by atoms with van der Waals surface area (Å²) in [5, 5.41) is 8.23. The van der Waals surface area contributed by atoms with E-state index in [1.54, 1.807) is 0 Å². The summed E-state index contributed by atoms with van der Waals surface area (Å²) in [7, 11) is 0. The molecule has 0 amide bonds. The number of nitrogens with zero attached hydrogens (tertiary/aromatic N) is 1. The molecule has 0 aromatic carbocycles. The normalized spacial score (nSPS) is 13.4. The Labute approximate surface area is 56.0 Å². The third-order valence-electron chi connectivity index (χ3n) is 0.958. The van der Waals surface area contributed by atoms with Gasteiger partial charge in [-0.1, -0.05) is 19.1 Å². The van der Waals surface area contributed by atoms with Crippen molar-refractivity contribution in [3.05, 3.63) is 12.2 Å². The molecule has 0 bridgehead atoms. The van der Waals surface area contributed by atoms with Crippen LogP contribution < -0.4 is 5.73 Å². The van der Waals surface area contributed by atoms with Gasteiger partial charge in [0, 0.05) is 0 Å². The third kappa shape index (κ3) is 5.05. The van der Waals surface area contributed by atoms with Gasteiger partial charge in [0.05, 0.1) is 12.1 Å². The largest absolute Gasteiger partial charge is 0.316 e. The van der Waals surface area contributed by atoms with Gasteiger partial charge in [-0.05, 0) is 12.8 Å². The summed E-state index contributed by atoms with van der Waals surface area (Å²) in [6, 6.07) is 1.62. The predicted octanol–water partition coefficient (Wildman–Crippen LogP) is 1.19. The molecule has 0 aromatic rings. The molecule has 2 N–H and O–H groups in total. The van der Waals surface area contributed by atoms with E-state index in [1.165, 1.54) is 0 Å². The van der Waals surface area contributed by atoms with Crippen LogP contribution in [0.4, 0.5) is 0 Å². The van der Waals surface area contributed by atoms with Gasteiger partial charge in [0.15, 0.2) is 0 Å². The first kappa shape index (κ1) is 8.19. The average Bonchev–Trinajstić information content (AvgIpc) is 1.89. The Bertz CT molecular complexity index is 121. The molecule has 50 valence electrons. The molecular weight excluding hydrogens is 112 g/mol. The smallest absolute Gasteiger partial charge is 0.0962 e. The van der Waals surface area contributed by atoms with E-state index in [4.69, 9.17) is 11.0 Å². The highest BCUT2D eigenvalue weighted by Gasteiger charge is 1.92. The molecule has 0 spiro atoms. The van der Waals surface area contributed by atoms with Crippen molar-refractivity contribution >= 4 is 0 Å². The first-order chi connectivity index (χ1) is 4.31. The van der Waals surface area contributed by atoms with E-state index in [0.717, 1.165) is 6.42 Å².